The molecule has 8 aromatic carbocycles. The molecular weight excluding hydrogens is 599 g/mol. The fourth-order valence-corrected chi connectivity index (χ4v) is 7.13. The molecule has 0 N–H and O–H groups in total. The highest BCUT2D eigenvalue weighted by molar-refractivity contribution is 6.20. The second kappa shape index (κ2) is 11.0. The zero-order valence-corrected chi connectivity index (χ0v) is 26.3. The number of nitrogens with zero attached hydrogens (tertiary/aromatic N) is 3. The second-order valence-electron chi connectivity index (χ2n) is 12.4. The monoisotopic (exact) mass is 625 g/mol. The van der Waals surface area contributed by atoms with Gasteiger partial charge in [-0.3, -0.25) is 0 Å². The fraction of sp³-hybridized carbons (Fsp3) is 0. The van der Waals surface area contributed by atoms with E-state index in [2.05, 4.69) is 115 Å². The van der Waals surface area contributed by atoms with Gasteiger partial charge >= 0.3 is 0 Å². The zero-order chi connectivity index (χ0) is 32.3. The van der Waals surface area contributed by atoms with E-state index in [0.717, 1.165) is 49.8 Å². The highest BCUT2D eigenvalue weighted by Gasteiger charge is 2.19. The second-order valence-corrected chi connectivity index (χ2v) is 12.4. The van der Waals surface area contributed by atoms with Crippen LogP contribution in [-0.2, 0) is 0 Å². The van der Waals surface area contributed by atoms with Crippen molar-refractivity contribution in [3.63, 3.8) is 0 Å². The Labute approximate surface area is 282 Å². The maximum absolute atomic E-state index is 6.46. The van der Waals surface area contributed by atoms with Crippen LogP contribution in [0.5, 0.6) is 0 Å². The standard InChI is InChI=1S/C45H27N3O/c1-3-10-28(11-4-1)33-24-25-36-40(27-33)49-39-17-9-16-37(42(36)39)45-47-43(32-13-5-2-6-14-32)46-44(48-45)34-23-20-30-19-22-31-21-18-29-12-7-8-15-35(29)41(31)38(30)26-34/h1-27H. The first-order valence-corrected chi connectivity index (χ1v) is 16.4. The largest absolute Gasteiger partial charge is 0.456 e. The normalized spacial score (nSPS) is 11.7. The van der Waals surface area contributed by atoms with Crippen LogP contribution in [-0.4, -0.2) is 15.0 Å². The minimum absolute atomic E-state index is 0.604. The van der Waals surface area contributed by atoms with Gasteiger partial charge in [0, 0.05) is 27.5 Å². The lowest BCUT2D eigenvalue weighted by atomic mass is 9.95. The quantitative estimate of drug-likeness (QED) is 0.183. The smallest absolute Gasteiger partial charge is 0.164 e. The van der Waals surface area contributed by atoms with Crippen molar-refractivity contribution in [3.05, 3.63) is 164 Å². The Bertz CT molecular complexity index is 2870. The lowest BCUT2D eigenvalue weighted by Crippen LogP contribution is -2.00. The number of furan rings is 1. The summed E-state index contributed by atoms with van der Waals surface area (Å²) in [5.41, 5.74) is 6.66. The van der Waals surface area contributed by atoms with Crippen LogP contribution in [0.4, 0.5) is 0 Å². The van der Waals surface area contributed by atoms with E-state index < -0.39 is 0 Å². The number of fused-ring (bicyclic) bond motifs is 8. The van der Waals surface area contributed by atoms with Crippen molar-refractivity contribution >= 4 is 54.3 Å². The maximum Gasteiger partial charge on any atom is 0.164 e. The SMILES string of the molecule is c1ccc(-c2ccc3c(c2)oc2cccc(-c4nc(-c5ccccc5)nc(-c5ccc6ccc7ccc8ccccc8c7c6c5)n4)c23)cc1. The number of hydrogen-bond donors (Lipinski definition) is 0. The topological polar surface area (TPSA) is 51.8 Å². The summed E-state index contributed by atoms with van der Waals surface area (Å²) in [4.78, 5) is 15.4. The lowest BCUT2D eigenvalue weighted by Gasteiger charge is -2.11. The van der Waals surface area contributed by atoms with Crippen LogP contribution in [0.15, 0.2) is 168 Å². The van der Waals surface area contributed by atoms with Crippen LogP contribution < -0.4 is 0 Å². The molecule has 4 heteroatoms. The average Bonchev–Trinajstić information content (AvgIpc) is 3.56. The van der Waals surface area contributed by atoms with E-state index in [-0.39, 0.29) is 0 Å². The van der Waals surface area contributed by atoms with Crippen molar-refractivity contribution in [3.8, 4) is 45.3 Å². The molecule has 4 nitrogen and oxygen atoms in total. The summed E-state index contributed by atoms with van der Waals surface area (Å²) in [5.74, 6) is 1.85. The molecule has 0 saturated heterocycles. The number of aromatic nitrogens is 3. The highest BCUT2D eigenvalue weighted by Crippen LogP contribution is 2.39. The van der Waals surface area contributed by atoms with Gasteiger partial charge in [0.1, 0.15) is 11.2 Å². The molecule has 10 aromatic rings. The van der Waals surface area contributed by atoms with E-state index in [1.165, 1.54) is 32.3 Å². The summed E-state index contributed by atoms with van der Waals surface area (Å²) >= 11 is 0. The van der Waals surface area contributed by atoms with Crippen molar-refractivity contribution in [1.82, 2.24) is 15.0 Å². The first kappa shape index (κ1) is 27.5. The minimum Gasteiger partial charge on any atom is -0.456 e. The Hall–Kier alpha value is -6.65. The Morgan fingerprint density at radius 2 is 0.959 bits per heavy atom. The van der Waals surface area contributed by atoms with Crippen LogP contribution in [0, 0.1) is 0 Å². The Morgan fingerprint density at radius 3 is 1.78 bits per heavy atom. The third-order valence-electron chi connectivity index (χ3n) is 9.50. The molecule has 228 valence electrons. The molecule has 2 heterocycles. The molecular formula is C45H27N3O. The molecule has 0 bridgehead atoms. The van der Waals surface area contributed by atoms with Gasteiger partial charge in [0.2, 0.25) is 0 Å². The first-order valence-electron chi connectivity index (χ1n) is 16.4. The van der Waals surface area contributed by atoms with Crippen molar-refractivity contribution < 1.29 is 4.42 Å². The molecule has 0 atom stereocenters. The van der Waals surface area contributed by atoms with Gasteiger partial charge in [-0.25, -0.2) is 15.0 Å². The van der Waals surface area contributed by atoms with Crippen LogP contribution in [0.1, 0.15) is 0 Å². The molecule has 0 aliphatic carbocycles. The van der Waals surface area contributed by atoms with Crippen LogP contribution in [0.3, 0.4) is 0 Å². The molecule has 0 amide bonds. The maximum atomic E-state index is 6.46. The van der Waals surface area contributed by atoms with E-state index in [0.29, 0.717) is 17.5 Å². The summed E-state index contributed by atoms with van der Waals surface area (Å²) < 4.78 is 6.46. The predicted octanol–water partition coefficient (Wildman–Crippen LogP) is 11.9. The number of hydrogen-bond acceptors (Lipinski definition) is 4. The molecule has 0 aliphatic heterocycles. The Kier molecular flexibility index (Phi) is 6.15. The summed E-state index contributed by atoms with van der Waals surface area (Å²) in [6, 6.07) is 56.9. The first-order chi connectivity index (χ1) is 24.3. The van der Waals surface area contributed by atoms with Gasteiger partial charge in [-0.15, -0.1) is 0 Å². The molecule has 0 aliphatic rings. The third kappa shape index (κ3) is 4.57. The average molecular weight is 626 g/mol. The molecule has 0 radical (unpaired) electrons. The molecule has 0 saturated carbocycles. The third-order valence-corrected chi connectivity index (χ3v) is 9.50. The van der Waals surface area contributed by atoms with Gasteiger partial charge in [-0.2, -0.15) is 0 Å². The minimum atomic E-state index is 0.604. The fourth-order valence-electron chi connectivity index (χ4n) is 7.13. The Balaban J connectivity index is 1.20. The molecule has 2 aromatic heterocycles. The van der Waals surface area contributed by atoms with Gasteiger partial charge in [0.15, 0.2) is 17.5 Å². The summed E-state index contributed by atoms with van der Waals surface area (Å²) in [6.07, 6.45) is 0. The predicted molar refractivity (Wildman–Crippen MR) is 201 cm³/mol. The van der Waals surface area contributed by atoms with Crippen molar-refractivity contribution in [2.24, 2.45) is 0 Å². The summed E-state index contributed by atoms with van der Waals surface area (Å²) in [7, 11) is 0. The van der Waals surface area contributed by atoms with Gasteiger partial charge in [-0.1, -0.05) is 140 Å². The molecule has 10 rings (SSSR count). The van der Waals surface area contributed by atoms with E-state index in [1.54, 1.807) is 0 Å². The van der Waals surface area contributed by atoms with Gasteiger partial charge in [0.05, 0.1) is 0 Å². The van der Waals surface area contributed by atoms with Crippen LogP contribution in [0.2, 0.25) is 0 Å². The molecule has 0 spiro atoms. The highest BCUT2D eigenvalue weighted by atomic mass is 16.3. The van der Waals surface area contributed by atoms with Crippen molar-refractivity contribution in [2.75, 3.05) is 0 Å². The number of rotatable bonds is 4. The molecule has 49 heavy (non-hydrogen) atoms. The zero-order valence-electron chi connectivity index (χ0n) is 26.3. The van der Waals surface area contributed by atoms with Gasteiger partial charge in [-0.05, 0) is 67.7 Å². The van der Waals surface area contributed by atoms with Crippen molar-refractivity contribution in [1.29, 1.82) is 0 Å². The summed E-state index contributed by atoms with van der Waals surface area (Å²) in [5, 5.41) is 9.26. The van der Waals surface area contributed by atoms with Crippen LogP contribution in [0.25, 0.3) is 99.5 Å². The van der Waals surface area contributed by atoms with Crippen LogP contribution >= 0.6 is 0 Å². The van der Waals surface area contributed by atoms with E-state index in [4.69, 9.17) is 19.4 Å². The molecule has 0 unspecified atom stereocenters. The Morgan fingerprint density at radius 1 is 0.327 bits per heavy atom. The molecule has 0 fully saturated rings. The summed E-state index contributed by atoms with van der Waals surface area (Å²) in [6.45, 7) is 0. The lowest BCUT2D eigenvalue weighted by molar-refractivity contribution is 0.669. The van der Waals surface area contributed by atoms with Crippen molar-refractivity contribution in [2.45, 2.75) is 0 Å². The van der Waals surface area contributed by atoms with E-state index in [1.807, 2.05) is 48.5 Å². The van der Waals surface area contributed by atoms with Gasteiger partial charge in [0.25, 0.3) is 0 Å². The van der Waals surface area contributed by atoms with Gasteiger partial charge < -0.3 is 4.42 Å². The number of benzene rings is 8. The van der Waals surface area contributed by atoms with E-state index >= 15 is 0 Å². The van der Waals surface area contributed by atoms with E-state index in [9.17, 15) is 0 Å².